The van der Waals surface area contributed by atoms with Crippen LogP contribution in [0.2, 0.25) is 0 Å². The van der Waals surface area contributed by atoms with Crippen LogP contribution in [-0.4, -0.2) is 85.2 Å². The Labute approximate surface area is 357 Å². The summed E-state index contributed by atoms with van der Waals surface area (Å²) in [6.45, 7) is 6.93. The van der Waals surface area contributed by atoms with Crippen LogP contribution in [0.5, 0.6) is 23.0 Å². The number of benzene rings is 3. The topological polar surface area (TPSA) is 167 Å². The number of aliphatic hydroxyl groups is 2. The fraction of sp³-hybridized carbons (Fsp3) is 0.468. The summed E-state index contributed by atoms with van der Waals surface area (Å²) in [5.74, 6) is -0.329. The molecule has 61 heavy (non-hydrogen) atoms. The first-order valence-corrected chi connectivity index (χ1v) is 21.3. The highest BCUT2D eigenvalue weighted by atomic mass is 16.7. The molecule has 0 unspecified atom stereocenters. The zero-order chi connectivity index (χ0) is 42.8. The van der Waals surface area contributed by atoms with Crippen molar-refractivity contribution in [2.75, 3.05) is 40.3 Å². The number of oxime groups is 1. The Bertz CT molecular complexity index is 2060. The summed E-state index contributed by atoms with van der Waals surface area (Å²) in [5.41, 5.74) is 4.06. The van der Waals surface area contributed by atoms with Crippen LogP contribution in [0.15, 0.2) is 96.2 Å². The number of allylic oxidation sites excluding steroid dienone is 1. The first-order chi connectivity index (χ1) is 29.8. The number of carbonyl (C=O) groups excluding carboxylic acids is 2. The summed E-state index contributed by atoms with van der Waals surface area (Å²) in [6.07, 6.45) is 7.27. The van der Waals surface area contributed by atoms with Crippen molar-refractivity contribution < 1.29 is 53.1 Å². The number of carbonyl (C=O) groups is 2. The van der Waals surface area contributed by atoms with Gasteiger partial charge in [-0.15, -0.1) is 6.58 Å². The molecule has 4 aliphatic rings. The Morgan fingerprint density at radius 2 is 1.74 bits per heavy atom. The second-order valence-corrected chi connectivity index (χ2v) is 15.7. The molecule has 2 aliphatic carbocycles. The van der Waals surface area contributed by atoms with Gasteiger partial charge >= 0.3 is 12.2 Å². The smallest absolute Gasteiger partial charge is 0.412 e. The molecule has 3 aromatic rings. The van der Waals surface area contributed by atoms with Crippen LogP contribution in [0.25, 0.3) is 0 Å². The van der Waals surface area contributed by atoms with Gasteiger partial charge in [0.15, 0.2) is 11.5 Å². The number of ether oxygens (including phenoxy) is 6. The molecule has 0 saturated heterocycles. The van der Waals surface area contributed by atoms with Crippen molar-refractivity contribution in [3.8, 4) is 23.0 Å². The van der Waals surface area contributed by atoms with E-state index in [0.29, 0.717) is 54.7 Å². The number of aliphatic hydroxyl groups excluding tert-OH is 2. The molecule has 6 atom stereocenters. The van der Waals surface area contributed by atoms with E-state index in [4.69, 9.17) is 38.4 Å². The van der Waals surface area contributed by atoms with Crippen LogP contribution in [0.3, 0.4) is 0 Å². The van der Waals surface area contributed by atoms with E-state index in [1.165, 1.54) is 7.11 Å². The minimum atomic E-state index is -1.51. The number of rotatable bonds is 19. The lowest BCUT2D eigenvalue weighted by molar-refractivity contribution is -0.256. The molecule has 14 nitrogen and oxygen atoms in total. The SMILES string of the molecule is C=CCO[C@@]12Oc3ccc(OC(=O)NCc4ccccc4)cc3[C@H]3[C@H](CCCCO)[C@@H](CCCCO)C=C(C(=NOCC)C[C@@H]1N(Cc1ccc4c(c1)OCO4)C(=O)OC)[C@H]32. The van der Waals surface area contributed by atoms with Crippen molar-refractivity contribution in [3.63, 3.8) is 0 Å². The monoisotopic (exact) mass is 839 g/mol. The predicted octanol–water partition coefficient (Wildman–Crippen LogP) is 7.63. The van der Waals surface area contributed by atoms with Crippen LogP contribution >= 0.6 is 0 Å². The van der Waals surface area contributed by atoms with Crippen LogP contribution in [-0.2, 0) is 27.4 Å². The van der Waals surface area contributed by atoms with Gasteiger partial charge in [-0.05, 0) is 91.5 Å². The van der Waals surface area contributed by atoms with E-state index in [1.807, 2.05) is 61.5 Å². The second kappa shape index (κ2) is 20.3. The van der Waals surface area contributed by atoms with E-state index in [1.54, 1.807) is 23.1 Å². The number of methoxy groups -OCH3 is 1. The lowest BCUT2D eigenvalue weighted by atomic mass is 9.55. The van der Waals surface area contributed by atoms with Gasteiger partial charge in [-0.1, -0.05) is 66.5 Å². The van der Waals surface area contributed by atoms with Crippen molar-refractivity contribution >= 4 is 17.9 Å². The van der Waals surface area contributed by atoms with E-state index in [9.17, 15) is 19.8 Å². The van der Waals surface area contributed by atoms with E-state index in [-0.39, 0.29) is 57.3 Å². The molecule has 7 rings (SSSR count). The molecule has 3 N–H and O–H groups in total. The fourth-order valence-electron chi connectivity index (χ4n) is 9.42. The number of amides is 2. The number of nitrogens with zero attached hydrogens (tertiary/aromatic N) is 2. The number of hydrogen-bond acceptors (Lipinski definition) is 12. The maximum Gasteiger partial charge on any atom is 0.412 e. The molecule has 0 radical (unpaired) electrons. The van der Waals surface area contributed by atoms with Gasteiger partial charge < -0.3 is 48.8 Å². The summed E-state index contributed by atoms with van der Waals surface area (Å²) >= 11 is 0. The summed E-state index contributed by atoms with van der Waals surface area (Å²) in [6, 6.07) is 19.7. The minimum absolute atomic E-state index is 0.0250. The van der Waals surface area contributed by atoms with Crippen LogP contribution in [0.1, 0.15) is 74.5 Å². The molecule has 14 heteroatoms. The molecular formula is C47H57N3O11. The summed E-state index contributed by atoms with van der Waals surface area (Å²) in [7, 11) is 1.35. The zero-order valence-electron chi connectivity index (χ0n) is 35.0. The highest BCUT2D eigenvalue weighted by molar-refractivity contribution is 6.03. The number of fused-ring (bicyclic) bond motifs is 3. The lowest BCUT2D eigenvalue weighted by Crippen LogP contribution is -2.70. The standard InChI is InChI=1S/C47H57N3O11/c1-4-23-58-47-42(50(46(54)55-3)29-32-17-19-40-41(24-32)57-30-56-40)27-38(49-59-5-2)36-25-33(15-9-11-21-51)35(16-10-12-22-52)43(44(36)47)37-26-34(18-20-39(37)61-47)60-45(53)48-28-31-13-7-6-8-14-31/h4,6-8,13-14,17-20,24-26,33,35,42-44,51-52H,1,5,9-12,15-16,21-23,27-30H2,2-3H3,(H,48,53)/t33-,35+,42-,43+,44+,47+/m0/s1. The Balaban J connectivity index is 1.38. The third kappa shape index (κ3) is 9.51. The van der Waals surface area contributed by atoms with Gasteiger partial charge in [0.05, 0.1) is 25.3 Å². The van der Waals surface area contributed by atoms with Gasteiger partial charge in [-0.3, -0.25) is 4.90 Å². The molecule has 2 aliphatic heterocycles. The Hall–Kier alpha value is -5.57. The summed E-state index contributed by atoms with van der Waals surface area (Å²) in [5, 5.41) is 27.4. The Kier molecular flexibility index (Phi) is 14.5. The third-order valence-corrected chi connectivity index (χ3v) is 12.0. The molecule has 2 heterocycles. The van der Waals surface area contributed by atoms with E-state index < -0.39 is 29.9 Å². The molecule has 1 fully saturated rings. The van der Waals surface area contributed by atoms with Gasteiger partial charge in [0, 0.05) is 44.2 Å². The molecular weight excluding hydrogens is 783 g/mol. The van der Waals surface area contributed by atoms with Gasteiger partial charge in [-0.2, -0.15) is 0 Å². The van der Waals surface area contributed by atoms with Gasteiger partial charge in [0.25, 0.3) is 0 Å². The van der Waals surface area contributed by atoms with Crippen LogP contribution < -0.4 is 24.3 Å². The molecule has 0 bridgehead atoms. The fourth-order valence-corrected chi connectivity index (χ4v) is 9.42. The normalized spacial score (nSPS) is 23.8. The average molecular weight is 840 g/mol. The van der Waals surface area contributed by atoms with Crippen molar-refractivity contribution in [1.82, 2.24) is 10.2 Å². The second-order valence-electron chi connectivity index (χ2n) is 15.7. The molecule has 1 saturated carbocycles. The maximum absolute atomic E-state index is 14.2. The van der Waals surface area contributed by atoms with Crippen LogP contribution in [0, 0.1) is 17.8 Å². The quantitative estimate of drug-likeness (QED) is 0.0617. The number of unbranched alkanes of at least 4 members (excludes halogenated alkanes) is 2. The van der Waals surface area contributed by atoms with Crippen molar-refractivity contribution in [2.45, 2.75) is 82.7 Å². The summed E-state index contributed by atoms with van der Waals surface area (Å²) < 4.78 is 37.0. The lowest BCUT2D eigenvalue weighted by Gasteiger charge is -2.59. The molecule has 0 aromatic heterocycles. The van der Waals surface area contributed by atoms with Gasteiger partial charge in [0.1, 0.15) is 24.1 Å². The zero-order valence-corrected chi connectivity index (χ0v) is 35.0. The maximum atomic E-state index is 14.2. The van der Waals surface area contributed by atoms with E-state index >= 15 is 0 Å². The van der Waals surface area contributed by atoms with Gasteiger partial charge in [-0.25, -0.2) is 9.59 Å². The van der Waals surface area contributed by atoms with Crippen molar-refractivity contribution in [2.24, 2.45) is 22.9 Å². The third-order valence-electron chi connectivity index (χ3n) is 12.0. The van der Waals surface area contributed by atoms with Crippen molar-refractivity contribution in [3.05, 3.63) is 108 Å². The molecule has 2 amide bonds. The summed E-state index contributed by atoms with van der Waals surface area (Å²) in [4.78, 5) is 34.9. The minimum Gasteiger partial charge on any atom is -0.459 e. The molecule has 326 valence electrons. The average Bonchev–Trinajstić information content (AvgIpc) is 3.76. The van der Waals surface area contributed by atoms with Gasteiger partial charge in [0.2, 0.25) is 12.6 Å². The Morgan fingerprint density at radius 1 is 0.967 bits per heavy atom. The van der Waals surface area contributed by atoms with E-state index in [0.717, 1.165) is 47.9 Å². The van der Waals surface area contributed by atoms with Crippen LogP contribution in [0.4, 0.5) is 9.59 Å². The first-order valence-electron chi connectivity index (χ1n) is 21.3. The number of nitrogens with one attached hydrogen (secondary N) is 1. The first kappa shape index (κ1) is 43.5. The van der Waals surface area contributed by atoms with E-state index in [2.05, 4.69) is 18.0 Å². The highest BCUT2D eigenvalue weighted by Crippen LogP contribution is 2.62. The predicted molar refractivity (Wildman–Crippen MR) is 226 cm³/mol. The molecule has 3 aromatic carbocycles. The van der Waals surface area contributed by atoms with Crippen molar-refractivity contribution in [1.29, 1.82) is 0 Å². The number of hydrogen-bond donors (Lipinski definition) is 3. The molecule has 0 spiro atoms. The largest absolute Gasteiger partial charge is 0.459 e. The Morgan fingerprint density at radius 3 is 2.49 bits per heavy atom. The highest BCUT2D eigenvalue weighted by Gasteiger charge is 2.65.